The predicted molar refractivity (Wildman–Crippen MR) is 98.5 cm³/mol. The van der Waals surface area contributed by atoms with Crippen LogP contribution in [0.15, 0.2) is 42.5 Å². The van der Waals surface area contributed by atoms with Crippen molar-refractivity contribution in [2.45, 2.75) is 13.3 Å². The zero-order valence-electron chi connectivity index (χ0n) is 13.5. The van der Waals surface area contributed by atoms with Gasteiger partial charge in [0.15, 0.2) is 0 Å². The van der Waals surface area contributed by atoms with Gasteiger partial charge >= 0.3 is 0 Å². The van der Waals surface area contributed by atoms with Crippen molar-refractivity contribution in [1.29, 1.82) is 0 Å². The summed E-state index contributed by atoms with van der Waals surface area (Å²) in [5.74, 6) is -0.638. The number of hydrogen-bond donors (Lipinski definition) is 1. The van der Waals surface area contributed by atoms with Crippen LogP contribution in [0.25, 0.3) is 0 Å². The van der Waals surface area contributed by atoms with Gasteiger partial charge in [-0.3, -0.25) is 4.79 Å². The van der Waals surface area contributed by atoms with Crippen molar-refractivity contribution in [3.05, 3.63) is 70.0 Å². The minimum atomic E-state index is -0.416. The molecule has 2 rings (SSSR count). The lowest BCUT2D eigenvalue weighted by Gasteiger charge is -2.23. The van der Waals surface area contributed by atoms with Gasteiger partial charge in [-0.25, -0.2) is 4.39 Å². The van der Waals surface area contributed by atoms with Gasteiger partial charge in [-0.1, -0.05) is 41.9 Å². The highest BCUT2D eigenvalue weighted by Gasteiger charge is 2.19. The summed E-state index contributed by atoms with van der Waals surface area (Å²) in [4.78, 5) is 14.4. The Morgan fingerprint density at radius 2 is 1.88 bits per heavy atom. The second-order valence-electron chi connectivity index (χ2n) is 5.40. The molecular weight excluding hydrogens is 350 g/mol. The highest BCUT2D eigenvalue weighted by Crippen LogP contribution is 2.22. The van der Waals surface area contributed by atoms with Gasteiger partial charge in [0.2, 0.25) is 0 Å². The van der Waals surface area contributed by atoms with E-state index in [0.717, 1.165) is 12.0 Å². The van der Waals surface area contributed by atoms with E-state index in [1.165, 1.54) is 12.1 Å². The van der Waals surface area contributed by atoms with Crippen LogP contribution in [-0.4, -0.2) is 30.4 Å². The van der Waals surface area contributed by atoms with E-state index in [4.69, 9.17) is 17.3 Å². The lowest BCUT2D eigenvalue weighted by molar-refractivity contribution is 0.0762. The molecule has 0 heterocycles. The number of aryl methyl sites for hydroxylation is 1. The van der Waals surface area contributed by atoms with Crippen molar-refractivity contribution < 1.29 is 9.18 Å². The Bertz CT molecular complexity index is 680. The van der Waals surface area contributed by atoms with Crippen molar-refractivity contribution in [3.63, 3.8) is 0 Å². The van der Waals surface area contributed by atoms with Gasteiger partial charge < -0.3 is 10.6 Å². The molecule has 0 aliphatic heterocycles. The van der Waals surface area contributed by atoms with Crippen LogP contribution in [0.3, 0.4) is 0 Å². The molecule has 0 saturated carbocycles. The Morgan fingerprint density at radius 3 is 2.50 bits per heavy atom. The van der Waals surface area contributed by atoms with E-state index in [1.807, 2.05) is 30.3 Å². The van der Waals surface area contributed by atoms with Crippen molar-refractivity contribution in [1.82, 2.24) is 4.90 Å². The number of halogens is 3. The molecule has 0 radical (unpaired) electrons. The normalized spacial score (nSPS) is 10.2. The summed E-state index contributed by atoms with van der Waals surface area (Å²) >= 11 is 6.04. The van der Waals surface area contributed by atoms with E-state index in [2.05, 4.69) is 0 Å². The van der Waals surface area contributed by atoms with Gasteiger partial charge in [-0.15, -0.1) is 12.4 Å². The second kappa shape index (κ2) is 9.62. The first-order valence-electron chi connectivity index (χ1n) is 7.52. The molecule has 130 valence electrons. The highest BCUT2D eigenvalue weighted by atomic mass is 35.5. The van der Waals surface area contributed by atoms with E-state index in [-0.39, 0.29) is 23.3 Å². The number of benzene rings is 2. The van der Waals surface area contributed by atoms with Crippen molar-refractivity contribution in [2.75, 3.05) is 19.6 Å². The summed E-state index contributed by atoms with van der Waals surface area (Å²) in [5.41, 5.74) is 7.47. The SMILES string of the molecule is Cc1cc(C(=O)N(CCN)CCc2ccccc2)c(Cl)cc1F.Cl. The average molecular weight is 371 g/mol. The van der Waals surface area contributed by atoms with Crippen LogP contribution >= 0.6 is 24.0 Å². The Balaban J connectivity index is 0.00000288. The highest BCUT2D eigenvalue weighted by molar-refractivity contribution is 6.33. The first kappa shape index (κ1) is 20.4. The topological polar surface area (TPSA) is 46.3 Å². The quantitative estimate of drug-likeness (QED) is 0.838. The molecule has 2 N–H and O–H groups in total. The molecule has 0 saturated heterocycles. The fraction of sp³-hybridized carbons (Fsp3) is 0.278. The average Bonchev–Trinajstić information content (AvgIpc) is 2.55. The van der Waals surface area contributed by atoms with Crippen molar-refractivity contribution in [3.8, 4) is 0 Å². The summed E-state index contributed by atoms with van der Waals surface area (Å²) in [6.07, 6.45) is 0.727. The summed E-state index contributed by atoms with van der Waals surface area (Å²) in [6, 6.07) is 12.6. The Hall–Kier alpha value is -1.62. The van der Waals surface area contributed by atoms with Gasteiger partial charge in [0.1, 0.15) is 5.82 Å². The molecule has 3 nitrogen and oxygen atoms in total. The monoisotopic (exact) mass is 370 g/mol. The third-order valence-electron chi connectivity index (χ3n) is 3.68. The summed E-state index contributed by atoms with van der Waals surface area (Å²) < 4.78 is 13.5. The van der Waals surface area contributed by atoms with Gasteiger partial charge in [-0.05, 0) is 36.6 Å². The second-order valence-corrected chi connectivity index (χ2v) is 5.80. The minimum absolute atomic E-state index is 0. The maximum atomic E-state index is 13.5. The molecule has 0 aliphatic rings. The number of nitrogens with zero attached hydrogens (tertiary/aromatic N) is 1. The number of carbonyl (C=O) groups excluding carboxylic acids is 1. The number of amides is 1. The molecule has 0 atom stereocenters. The molecule has 0 bridgehead atoms. The number of hydrogen-bond acceptors (Lipinski definition) is 2. The Labute approximate surface area is 153 Å². The minimum Gasteiger partial charge on any atom is -0.337 e. The van der Waals surface area contributed by atoms with Gasteiger partial charge in [0.05, 0.1) is 10.6 Å². The maximum Gasteiger partial charge on any atom is 0.255 e. The lowest BCUT2D eigenvalue weighted by atomic mass is 10.1. The largest absolute Gasteiger partial charge is 0.337 e. The number of carbonyl (C=O) groups is 1. The molecule has 0 aromatic heterocycles. The summed E-state index contributed by atoms with van der Waals surface area (Å²) in [5, 5.41) is 0.125. The molecule has 6 heteroatoms. The first-order valence-corrected chi connectivity index (χ1v) is 7.89. The summed E-state index contributed by atoms with van der Waals surface area (Å²) in [6.45, 7) is 2.93. The fourth-order valence-electron chi connectivity index (χ4n) is 2.37. The number of rotatable bonds is 6. The van der Waals surface area contributed by atoms with Crippen LogP contribution < -0.4 is 5.73 Å². The van der Waals surface area contributed by atoms with E-state index >= 15 is 0 Å². The molecule has 0 unspecified atom stereocenters. The van der Waals surface area contributed by atoms with Gasteiger partial charge in [0, 0.05) is 19.6 Å². The van der Waals surface area contributed by atoms with E-state index in [0.29, 0.717) is 30.8 Å². The van der Waals surface area contributed by atoms with Crippen LogP contribution in [-0.2, 0) is 6.42 Å². The molecule has 2 aromatic rings. The summed E-state index contributed by atoms with van der Waals surface area (Å²) in [7, 11) is 0. The molecule has 0 spiro atoms. The van der Waals surface area contributed by atoms with Crippen molar-refractivity contribution in [2.24, 2.45) is 5.73 Å². The van der Waals surface area contributed by atoms with Crippen LogP contribution in [0.2, 0.25) is 5.02 Å². The van der Waals surface area contributed by atoms with Gasteiger partial charge in [-0.2, -0.15) is 0 Å². The Kier molecular flexibility index (Phi) is 8.19. The predicted octanol–water partition coefficient (Wildman–Crippen LogP) is 3.85. The molecule has 2 aromatic carbocycles. The van der Waals surface area contributed by atoms with Crippen LogP contribution in [0.5, 0.6) is 0 Å². The van der Waals surface area contributed by atoms with Crippen LogP contribution in [0, 0.1) is 12.7 Å². The van der Waals surface area contributed by atoms with Crippen LogP contribution in [0.4, 0.5) is 4.39 Å². The first-order chi connectivity index (χ1) is 11.0. The zero-order chi connectivity index (χ0) is 16.8. The molecule has 24 heavy (non-hydrogen) atoms. The lowest BCUT2D eigenvalue weighted by Crippen LogP contribution is -2.37. The van der Waals surface area contributed by atoms with Crippen molar-refractivity contribution >= 4 is 29.9 Å². The van der Waals surface area contributed by atoms with E-state index in [1.54, 1.807) is 11.8 Å². The van der Waals surface area contributed by atoms with E-state index < -0.39 is 5.82 Å². The maximum absolute atomic E-state index is 13.5. The molecule has 0 aliphatic carbocycles. The zero-order valence-corrected chi connectivity index (χ0v) is 15.0. The number of nitrogens with two attached hydrogens (primary N) is 1. The van der Waals surface area contributed by atoms with Crippen LogP contribution in [0.1, 0.15) is 21.5 Å². The molecule has 0 fully saturated rings. The standard InChI is InChI=1S/C18H20ClFN2O.ClH/c1-13-11-15(16(19)12-17(13)20)18(23)22(10-8-21)9-7-14-5-3-2-4-6-14;/h2-6,11-12H,7-10,21H2,1H3;1H. The fourth-order valence-corrected chi connectivity index (χ4v) is 2.60. The smallest absolute Gasteiger partial charge is 0.255 e. The van der Waals surface area contributed by atoms with Gasteiger partial charge in [0.25, 0.3) is 5.91 Å². The molecular formula is C18H21Cl2FN2O. The third-order valence-corrected chi connectivity index (χ3v) is 3.99. The Morgan fingerprint density at radius 1 is 1.21 bits per heavy atom. The third kappa shape index (κ3) is 5.20. The van der Waals surface area contributed by atoms with E-state index in [9.17, 15) is 9.18 Å². The molecule has 1 amide bonds.